The molecule has 0 bridgehead atoms. The Morgan fingerprint density at radius 3 is 3.00 bits per heavy atom. The molecule has 1 fully saturated rings. The first kappa shape index (κ1) is 14.0. The fourth-order valence-electron chi connectivity index (χ4n) is 3.03. The number of rotatable bonds is 2. The normalized spacial score (nSPS) is 19.0. The molecule has 0 aliphatic carbocycles. The van der Waals surface area contributed by atoms with E-state index < -0.39 is 0 Å². The van der Waals surface area contributed by atoms with Gasteiger partial charge in [0.2, 0.25) is 0 Å². The lowest BCUT2D eigenvalue weighted by Crippen LogP contribution is -2.45. The Hall–Kier alpha value is -1.94. The molecule has 21 heavy (non-hydrogen) atoms. The molecular weight excluding hydrogens is 264 g/mol. The number of amides is 1. The number of aliphatic hydroxyl groups excluding tert-OH is 1. The molecule has 1 aliphatic rings. The Bertz CT molecular complexity index is 669. The van der Waals surface area contributed by atoms with Crippen molar-refractivity contribution in [1.82, 2.24) is 9.88 Å². The molecule has 1 unspecified atom stereocenters. The van der Waals surface area contributed by atoms with Gasteiger partial charge in [-0.25, -0.2) is 0 Å². The predicted octanol–water partition coefficient (Wildman–Crippen LogP) is 2.53. The van der Waals surface area contributed by atoms with Gasteiger partial charge in [0.05, 0.1) is 23.7 Å². The SMILES string of the molecule is Cc1ccc2cccc(C(=O)N3CCCCC3CO)c2n1. The maximum atomic E-state index is 12.9. The number of likely N-dealkylation sites (tertiary alicyclic amines) is 1. The number of para-hydroxylation sites is 1. The van der Waals surface area contributed by atoms with Crippen molar-refractivity contribution in [2.24, 2.45) is 0 Å². The largest absolute Gasteiger partial charge is 0.394 e. The lowest BCUT2D eigenvalue weighted by Gasteiger charge is -2.34. The van der Waals surface area contributed by atoms with Gasteiger partial charge in [-0.3, -0.25) is 9.78 Å². The number of aryl methyl sites for hydroxylation is 1. The van der Waals surface area contributed by atoms with Crippen molar-refractivity contribution in [3.63, 3.8) is 0 Å². The summed E-state index contributed by atoms with van der Waals surface area (Å²) in [5, 5.41) is 10.5. The van der Waals surface area contributed by atoms with Gasteiger partial charge in [-0.1, -0.05) is 18.2 Å². The first-order valence-corrected chi connectivity index (χ1v) is 7.49. The monoisotopic (exact) mass is 284 g/mol. The molecule has 1 aromatic carbocycles. The summed E-state index contributed by atoms with van der Waals surface area (Å²) in [4.78, 5) is 19.2. The molecule has 1 aliphatic heterocycles. The van der Waals surface area contributed by atoms with Crippen LogP contribution in [0.15, 0.2) is 30.3 Å². The molecule has 2 heterocycles. The fourth-order valence-corrected chi connectivity index (χ4v) is 3.03. The highest BCUT2D eigenvalue weighted by Gasteiger charge is 2.28. The second-order valence-electron chi connectivity index (χ2n) is 5.66. The third-order valence-electron chi connectivity index (χ3n) is 4.19. The maximum Gasteiger partial charge on any atom is 0.256 e. The summed E-state index contributed by atoms with van der Waals surface area (Å²) in [7, 11) is 0. The molecule has 1 atom stereocenters. The van der Waals surface area contributed by atoms with E-state index >= 15 is 0 Å². The predicted molar refractivity (Wildman–Crippen MR) is 82.2 cm³/mol. The van der Waals surface area contributed by atoms with Gasteiger partial charge in [0, 0.05) is 17.6 Å². The quantitative estimate of drug-likeness (QED) is 0.922. The van der Waals surface area contributed by atoms with Crippen molar-refractivity contribution in [3.8, 4) is 0 Å². The standard InChI is InChI=1S/C17H20N2O2/c1-12-8-9-13-5-4-7-15(16(13)18-12)17(21)19-10-3-2-6-14(19)11-20/h4-5,7-9,14,20H,2-3,6,10-11H2,1H3. The van der Waals surface area contributed by atoms with Gasteiger partial charge in [-0.15, -0.1) is 0 Å². The summed E-state index contributed by atoms with van der Waals surface area (Å²) < 4.78 is 0. The third kappa shape index (κ3) is 2.63. The van der Waals surface area contributed by atoms with E-state index in [1.54, 1.807) is 0 Å². The molecule has 1 amide bonds. The zero-order valence-electron chi connectivity index (χ0n) is 12.2. The summed E-state index contributed by atoms with van der Waals surface area (Å²) in [5.74, 6) is -0.0162. The Labute approximate surface area is 124 Å². The molecule has 1 aromatic heterocycles. The van der Waals surface area contributed by atoms with Crippen LogP contribution in [0, 0.1) is 6.92 Å². The number of piperidine rings is 1. The van der Waals surface area contributed by atoms with Gasteiger partial charge in [0.25, 0.3) is 5.91 Å². The van der Waals surface area contributed by atoms with E-state index in [1.165, 1.54) is 0 Å². The Balaban J connectivity index is 2.03. The van der Waals surface area contributed by atoms with Gasteiger partial charge in [-0.2, -0.15) is 0 Å². The Morgan fingerprint density at radius 2 is 2.19 bits per heavy atom. The first-order chi connectivity index (χ1) is 10.2. The van der Waals surface area contributed by atoms with E-state index in [9.17, 15) is 9.90 Å². The van der Waals surface area contributed by atoms with Crippen molar-refractivity contribution < 1.29 is 9.90 Å². The number of carbonyl (C=O) groups is 1. The molecule has 110 valence electrons. The summed E-state index contributed by atoms with van der Waals surface area (Å²) in [6.07, 6.45) is 2.95. The van der Waals surface area contributed by atoms with Crippen LogP contribution in [0.4, 0.5) is 0 Å². The van der Waals surface area contributed by atoms with Crippen molar-refractivity contribution >= 4 is 16.8 Å². The Kier molecular flexibility index (Phi) is 3.88. The molecule has 1 N–H and O–H groups in total. The lowest BCUT2D eigenvalue weighted by molar-refractivity contribution is 0.0505. The highest BCUT2D eigenvalue weighted by Crippen LogP contribution is 2.23. The van der Waals surface area contributed by atoms with Gasteiger partial charge in [0.15, 0.2) is 0 Å². The van der Waals surface area contributed by atoms with Crippen LogP contribution in [-0.4, -0.2) is 40.1 Å². The number of nitrogens with zero attached hydrogens (tertiary/aromatic N) is 2. The zero-order chi connectivity index (χ0) is 14.8. The number of benzene rings is 1. The zero-order valence-corrected chi connectivity index (χ0v) is 12.2. The van der Waals surface area contributed by atoms with Crippen LogP contribution in [0.3, 0.4) is 0 Å². The van der Waals surface area contributed by atoms with Gasteiger partial charge in [0.1, 0.15) is 0 Å². The summed E-state index contributed by atoms with van der Waals surface area (Å²) in [6, 6.07) is 9.58. The van der Waals surface area contributed by atoms with Crippen LogP contribution in [0.25, 0.3) is 10.9 Å². The van der Waals surface area contributed by atoms with Gasteiger partial charge in [-0.05, 0) is 38.3 Å². The second-order valence-corrected chi connectivity index (χ2v) is 5.66. The van der Waals surface area contributed by atoms with Crippen LogP contribution >= 0.6 is 0 Å². The lowest BCUT2D eigenvalue weighted by atomic mass is 10.0. The summed E-state index contributed by atoms with van der Waals surface area (Å²) in [5.41, 5.74) is 2.29. The minimum Gasteiger partial charge on any atom is -0.394 e. The number of aromatic nitrogens is 1. The van der Waals surface area contributed by atoms with E-state index in [0.717, 1.165) is 35.9 Å². The van der Waals surface area contributed by atoms with Crippen LogP contribution in [0.1, 0.15) is 35.3 Å². The minimum absolute atomic E-state index is 0.0162. The molecule has 0 spiro atoms. The van der Waals surface area contributed by atoms with E-state index in [4.69, 9.17) is 0 Å². The minimum atomic E-state index is -0.0636. The van der Waals surface area contributed by atoms with Crippen LogP contribution in [-0.2, 0) is 0 Å². The average Bonchev–Trinajstić information content (AvgIpc) is 2.53. The molecule has 3 rings (SSSR count). The van der Waals surface area contributed by atoms with Crippen LogP contribution < -0.4 is 0 Å². The van der Waals surface area contributed by atoms with Crippen molar-refractivity contribution in [2.45, 2.75) is 32.2 Å². The molecular formula is C17H20N2O2. The molecule has 4 nitrogen and oxygen atoms in total. The van der Waals surface area contributed by atoms with Crippen molar-refractivity contribution in [1.29, 1.82) is 0 Å². The number of hydrogen-bond acceptors (Lipinski definition) is 3. The van der Waals surface area contributed by atoms with Crippen molar-refractivity contribution in [2.75, 3.05) is 13.2 Å². The summed E-state index contributed by atoms with van der Waals surface area (Å²) >= 11 is 0. The van der Waals surface area contributed by atoms with E-state index in [2.05, 4.69) is 4.98 Å². The van der Waals surface area contributed by atoms with Gasteiger partial charge >= 0.3 is 0 Å². The van der Waals surface area contributed by atoms with E-state index in [-0.39, 0.29) is 18.6 Å². The highest BCUT2D eigenvalue weighted by molar-refractivity contribution is 6.05. The number of aliphatic hydroxyl groups is 1. The fraction of sp³-hybridized carbons (Fsp3) is 0.412. The summed E-state index contributed by atoms with van der Waals surface area (Å²) in [6.45, 7) is 2.67. The number of pyridine rings is 1. The van der Waals surface area contributed by atoms with Crippen molar-refractivity contribution in [3.05, 3.63) is 41.6 Å². The molecule has 0 radical (unpaired) electrons. The molecule has 4 heteroatoms. The Morgan fingerprint density at radius 1 is 1.33 bits per heavy atom. The van der Waals surface area contributed by atoms with E-state index in [1.807, 2.05) is 42.2 Å². The van der Waals surface area contributed by atoms with Gasteiger partial charge < -0.3 is 10.0 Å². The maximum absolute atomic E-state index is 12.9. The molecule has 1 saturated heterocycles. The van der Waals surface area contributed by atoms with E-state index in [0.29, 0.717) is 12.1 Å². The first-order valence-electron chi connectivity index (χ1n) is 7.49. The average molecular weight is 284 g/mol. The smallest absolute Gasteiger partial charge is 0.256 e. The number of hydrogen-bond donors (Lipinski definition) is 1. The third-order valence-corrected chi connectivity index (χ3v) is 4.19. The molecule has 0 saturated carbocycles. The highest BCUT2D eigenvalue weighted by atomic mass is 16.3. The topological polar surface area (TPSA) is 53.4 Å². The number of fused-ring (bicyclic) bond motifs is 1. The molecule has 2 aromatic rings. The number of carbonyl (C=O) groups excluding carboxylic acids is 1. The second kappa shape index (κ2) is 5.82. The van der Waals surface area contributed by atoms with Crippen LogP contribution in [0.5, 0.6) is 0 Å². The van der Waals surface area contributed by atoms with Crippen LogP contribution in [0.2, 0.25) is 0 Å².